The number of oxime groups is 1. The molecule has 0 radical (unpaired) electrons. The van der Waals surface area contributed by atoms with Crippen LogP contribution < -0.4 is 11.2 Å². The molecule has 0 aliphatic heterocycles. The summed E-state index contributed by atoms with van der Waals surface area (Å²) in [6.07, 6.45) is 6.57. The summed E-state index contributed by atoms with van der Waals surface area (Å²) in [7, 11) is 0. The smallest absolute Gasteiger partial charge is 0.191 e. The van der Waals surface area contributed by atoms with Crippen LogP contribution in [0.5, 0.6) is 0 Å². The zero-order valence-electron chi connectivity index (χ0n) is 11.8. The molecule has 0 unspecified atom stereocenters. The van der Waals surface area contributed by atoms with Crippen molar-refractivity contribution >= 4 is 27.3 Å². The van der Waals surface area contributed by atoms with Crippen LogP contribution in [0.25, 0.3) is 10.1 Å². The van der Waals surface area contributed by atoms with Gasteiger partial charge < -0.3 is 10.9 Å². The highest BCUT2D eigenvalue weighted by atomic mass is 32.1. The predicted octanol–water partition coefficient (Wildman–Crippen LogP) is 3.02. The van der Waals surface area contributed by atoms with E-state index < -0.39 is 0 Å². The van der Waals surface area contributed by atoms with Gasteiger partial charge in [0.1, 0.15) is 0 Å². The number of hydrogen-bond donors (Lipinski definition) is 2. The largest absolute Gasteiger partial charge is 0.409 e. The molecule has 21 heavy (non-hydrogen) atoms. The van der Waals surface area contributed by atoms with E-state index in [-0.39, 0.29) is 11.3 Å². The Morgan fingerprint density at radius 2 is 1.95 bits per heavy atom. The third kappa shape index (κ3) is 2.65. The average Bonchev–Trinajstić information content (AvgIpc) is 2.48. The van der Waals surface area contributed by atoms with Crippen LogP contribution in [-0.4, -0.2) is 11.0 Å². The molecule has 3 rings (SSSR count). The van der Waals surface area contributed by atoms with Gasteiger partial charge in [-0.15, -0.1) is 11.3 Å². The quantitative estimate of drug-likeness (QED) is 0.368. The van der Waals surface area contributed by atoms with Crippen LogP contribution in [-0.2, 0) is 12.8 Å². The highest BCUT2D eigenvalue weighted by molar-refractivity contribution is 7.18. The van der Waals surface area contributed by atoms with Gasteiger partial charge in [0.15, 0.2) is 11.3 Å². The van der Waals surface area contributed by atoms with Gasteiger partial charge >= 0.3 is 0 Å². The fraction of sp³-hybridized carbons (Fsp3) is 0.375. The van der Waals surface area contributed by atoms with Crippen molar-refractivity contribution in [1.29, 1.82) is 0 Å². The SMILES string of the molecule is NC(=NO)c1ccc2c(=O)c3c(sc2c1)CCCCCC3. The summed E-state index contributed by atoms with van der Waals surface area (Å²) < 4.78 is 0.920. The van der Waals surface area contributed by atoms with Crippen LogP contribution in [0.3, 0.4) is 0 Å². The first-order valence-corrected chi connectivity index (χ1v) is 8.09. The molecule has 0 fully saturated rings. The van der Waals surface area contributed by atoms with E-state index in [9.17, 15) is 4.79 Å². The van der Waals surface area contributed by atoms with Crippen molar-refractivity contribution in [2.45, 2.75) is 38.5 Å². The summed E-state index contributed by atoms with van der Waals surface area (Å²) in [5.74, 6) is 0.0725. The van der Waals surface area contributed by atoms with E-state index in [1.54, 1.807) is 23.5 Å². The molecule has 3 N–H and O–H groups in total. The van der Waals surface area contributed by atoms with E-state index in [4.69, 9.17) is 10.9 Å². The minimum Gasteiger partial charge on any atom is -0.409 e. The maximum atomic E-state index is 12.7. The predicted molar refractivity (Wildman–Crippen MR) is 86.5 cm³/mol. The minimum absolute atomic E-state index is 0.0725. The summed E-state index contributed by atoms with van der Waals surface area (Å²) in [5.41, 5.74) is 7.44. The molecule has 110 valence electrons. The first-order chi connectivity index (χ1) is 10.2. The Morgan fingerprint density at radius 3 is 2.71 bits per heavy atom. The first-order valence-electron chi connectivity index (χ1n) is 7.27. The normalized spacial score (nSPS) is 16.3. The number of benzene rings is 1. The van der Waals surface area contributed by atoms with Crippen molar-refractivity contribution < 1.29 is 5.21 Å². The van der Waals surface area contributed by atoms with Gasteiger partial charge in [-0.25, -0.2) is 0 Å². The van der Waals surface area contributed by atoms with Crippen LogP contribution in [0, 0.1) is 0 Å². The lowest BCUT2D eigenvalue weighted by atomic mass is 9.98. The van der Waals surface area contributed by atoms with Gasteiger partial charge in [-0.1, -0.05) is 24.1 Å². The third-order valence-electron chi connectivity index (χ3n) is 4.05. The number of amidine groups is 1. The van der Waals surface area contributed by atoms with Crippen LogP contribution >= 0.6 is 11.3 Å². The van der Waals surface area contributed by atoms with E-state index in [1.807, 2.05) is 6.07 Å². The number of nitrogens with two attached hydrogens (primary N) is 1. The Balaban J connectivity index is 2.20. The molecule has 5 heteroatoms. The van der Waals surface area contributed by atoms with Gasteiger partial charge in [-0.3, -0.25) is 4.79 Å². The van der Waals surface area contributed by atoms with E-state index in [2.05, 4.69) is 5.16 Å². The molecule has 1 aromatic carbocycles. The lowest BCUT2D eigenvalue weighted by molar-refractivity contribution is 0.318. The fourth-order valence-corrected chi connectivity index (χ4v) is 4.18. The number of fused-ring (bicyclic) bond motifs is 2. The first kappa shape index (κ1) is 14.1. The average molecular weight is 302 g/mol. The number of hydrogen-bond acceptors (Lipinski definition) is 4. The fourth-order valence-electron chi connectivity index (χ4n) is 2.89. The van der Waals surface area contributed by atoms with Gasteiger partial charge in [-0.2, -0.15) is 0 Å². The molecule has 1 aliphatic carbocycles. The lowest BCUT2D eigenvalue weighted by Crippen LogP contribution is -2.15. The molecule has 0 spiro atoms. The summed E-state index contributed by atoms with van der Waals surface area (Å²) in [4.78, 5) is 13.9. The number of aryl methyl sites for hydroxylation is 1. The van der Waals surface area contributed by atoms with Crippen LogP contribution in [0.4, 0.5) is 0 Å². The van der Waals surface area contributed by atoms with Crippen molar-refractivity contribution in [3.8, 4) is 0 Å². The maximum absolute atomic E-state index is 12.7. The van der Waals surface area contributed by atoms with Crippen LogP contribution in [0.1, 0.15) is 41.7 Å². The standard InChI is InChI=1S/C16H18N2O2S/c17-16(18-20)10-7-8-12-14(9-10)21-13-6-4-2-1-3-5-11(13)15(12)19/h7-9,20H,1-6H2,(H2,17,18). The summed E-state index contributed by atoms with van der Waals surface area (Å²) in [6, 6.07) is 5.37. The second kappa shape index (κ2) is 5.85. The summed E-state index contributed by atoms with van der Waals surface area (Å²) in [6.45, 7) is 0. The highest BCUT2D eigenvalue weighted by Crippen LogP contribution is 2.27. The molecule has 0 saturated carbocycles. The third-order valence-corrected chi connectivity index (χ3v) is 5.31. The number of nitrogens with zero attached hydrogens (tertiary/aromatic N) is 1. The van der Waals surface area contributed by atoms with Gasteiger partial charge in [0, 0.05) is 26.1 Å². The van der Waals surface area contributed by atoms with Gasteiger partial charge in [0.2, 0.25) is 0 Å². The van der Waals surface area contributed by atoms with E-state index in [1.165, 1.54) is 17.7 Å². The Morgan fingerprint density at radius 1 is 1.19 bits per heavy atom. The van der Waals surface area contributed by atoms with Crippen molar-refractivity contribution in [3.05, 3.63) is 44.4 Å². The number of rotatable bonds is 1. The summed E-state index contributed by atoms with van der Waals surface area (Å²) >= 11 is 1.68. The van der Waals surface area contributed by atoms with Gasteiger partial charge in [0.25, 0.3) is 0 Å². The zero-order chi connectivity index (χ0) is 14.8. The van der Waals surface area contributed by atoms with E-state index in [0.717, 1.165) is 41.3 Å². The molecule has 0 saturated heterocycles. The molecule has 0 amide bonds. The molecule has 0 atom stereocenters. The van der Waals surface area contributed by atoms with E-state index >= 15 is 0 Å². The Hall–Kier alpha value is -1.88. The van der Waals surface area contributed by atoms with Crippen molar-refractivity contribution in [2.75, 3.05) is 0 Å². The highest BCUT2D eigenvalue weighted by Gasteiger charge is 2.15. The molecular weight excluding hydrogens is 284 g/mol. The molecule has 1 aromatic heterocycles. The van der Waals surface area contributed by atoms with Crippen molar-refractivity contribution in [2.24, 2.45) is 10.9 Å². The minimum atomic E-state index is 0.0725. The van der Waals surface area contributed by atoms with Crippen LogP contribution in [0.15, 0.2) is 28.1 Å². The van der Waals surface area contributed by atoms with E-state index in [0.29, 0.717) is 5.56 Å². The second-order valence-corrected chi connectivity index (χ2v) is 6.58. The van der Waals surface area contributed by atoms with Crippen molar-refractivity contribution in [3.63, 3.8) is 0 Å². The lowest BCUT2D eigenvalue weighted by Gasteiger charge is -2.13. The topological polar surface area (TPSA) is 75.7 Å². The van der Waals surface area contributed by atoms with Gasteiger partial charge in [0.05, 0.1) is 0 Å². The molecule has 0 bridgehead atoms. The van der Waals surface area contributed by atoms with Gasteiger partial charge in [-0.05, 0) is 37.8 Å². The maximum Gasteiger partial charge on any atom is 0.191 e. The summed E-state index contributed by atoms with van der Waals surface area (Å²) in [5, 5.41) is 12.5. The zero-order valence-corrected chi connectivity index (χ0v) is 12.6. The molecule has 2 aromatic rings. The molecule has 1 aliphatic rings. The Kier molecular flexibility index (Phi) is 3.92. The van der Waals surface area contributed by atoms with Crippen LogP contribution in [0.2, 0.25) is 0 Å². The molecule has 1 heterocycles. The molecular formula is C16H18N2O2S. The molecule has 4 nitrogen and oxygen atoms in total. The monoisotopic (exact) mass is 302 g/mol. The Labute approximate surface area is 126 Å². The second-order valence-electron chi connectivity index (χ2n) is 5.44. The Bertz CT molecular complexity index is 765. The van der Waals surface area contributed by atoms with Crippen molar-refractivity contribution in [1.82, 2.24) is 0 Å².